The summed E-state index contributed by atoms with van der Waals surface area (Å²) in [5, 5.41) is 9.22. The van der Waals surface area contributed by atoms with Crippen molar-refractivity contribution in [2.75, 3.05) is 19.6 Å². The van der Waals surface area contributed by atoms with E-state index < -0.39 is 22.0 Å². The van der Waals surface area contributed by atoms with E-state index in [4.69, 9.17) is 0 Å². The van der Waals surface area contributed by atoms with Gasteiger partial charge in [0.2, 0.25) is 15.9 Å². The molecule has 25 heavy (non-hydrogen) atoms. The normalized spacial score (nSPS) is 22.9. The second kappa shape index (κ2) is 7.13. The number of carboxylic acid groups (broad SMARTS) is 1. The minimum atomic E-state index is -3.54. The van der Waals surface area contributed by atoms with E-state index in [1.807, 2.05) is 0 Å². The van der Waals surface area contributed by atoms with Crippen molar-refractivity contribution in [3.8, 4) is 0 Å². The number of amides is 1. The number of nitrogens with zero attached hydrogens (tertiary/aromatic N) is 2. The molecule has 0 aromatic heterocycles. The van der Waals surface area contributed by atoms with Crippen molar-refractivity contribution in [3.63, 3.8) is 0 Å². The third-order valence-electron chi connectivity index (χ3n) is 5.01. The first-order valence-electron chi connectivity index (χ1n) is 8.50. The summed E-state index contributed by atoms with van der Waals surface area (Å²) in [7, 11) is -3.54. The van der Waals surface area contributed by atoms with Gasteiger partial charge in [0.1, 0.15) is 6.04 Å². The largest absolute Gasteiger partial charge is 0.480 e. The molecular weight excluding hydrogens is 344 g/mol. The zero-order valence-electron chi connectivity index (χ0n) is 13.9. The van der Waals surface area contributed by atoms with Crippen molar-refractivity contribution in [1.82, 2.24) is 9.21 Å². The number of benzene rings is 1. The van der Waals surface area contributed by atoms with E-state index in [1.165, 1.54) is 9.21 Å². The van der Waals surface area contributed by atoms with Crippen molar-refractivity contribution < 1.29 is 23.1 Å². The van der Waals surface area contributed by atoms with Crippen molar-refractivity contribution in [2.24, 2.45) is 5.92 Å². The van der Waals surface area contributed by atoms with Gasteiger partial charge in [-0.15, -0.1) is 0 Å². The van der Waals surface area contributed by atoms with Crippen molar-refractivity contribution in [2.45, 2.75) is 36.6 Å². The van der Waals surface area contributed by atoms with E-state index in [1.54, 1.807) is 30.3 Å². The molecule has 0 saturated carbocycles. The number of aliphatic carboxylic acids is 1. The molecule has 2 fully saturated rings. The Morgan fingerprint density at radius 2 is 1.64 bits per heavy atom. The van der Waals surface area contributed by atoms with E-state index >= 15 is 0 Å². The summed E-state index contributed by atoms with van der Waals surface area (Å²) in [6.45, 7) is 1.02. The van der Waals surface area contributed by atoms with Crippen LogP contribution in [0.25, 0.3) is 0 Å². The standard InChI is InChI=1S/C17H22N2O5S/c20-16(19-10-4-7-15(19)17(21)22)13-8-11-18(12-9-13)25(23,24)14-5-2-1-3-6-14/h1-3,5-6,13,15H,4,7-12H2,(H,21,22). The summed E-state index contributed by atoms with van der Waals surface area (Å²) >= 11 is 0. The summed E-state index contributed by atoms with van der Waals surface area (Å²) < 4.78 is 26.6. The molecule has 0 spiro atoms. The SMILES string of the molecule is O=C(O)C1CCCN1C(=O)C1CCN(S(=O)(=O)c2ccccc2)CC1. The zero-order valence-corrected chi connectivity index (χ0v) is 14.7. The lowest BCUT2D eigenvalue weighted by molar-refractivity contribution is -0.150. The zero-order chi connectivity index (χ0) is 18.0. The Bertz CT molecular complexity index is 742. The third kappa shape index (κ3) is 3.55. The predicted octanol–water partition coefficient (Wildman–Crippen LogP) is 1.16. The molecular formula is C17H22N2O5S. The van der Waals surface area contributed by atoms with Gasteiger partial charge in [0.25, 0.3) is 0 Å². The van der Waals surface area contributed by atoms with Gasteiger partial charge < -0.3 is 10.0 Å². The molecule has 0 aliphatic carbocycles. The molecule has 0 bridgehead atoms. The van der Waals surface area contributed by atoms with Gasteiger partial charge in [0, 0.05) is 25.6 Å². The summed E-state index contributed by atoms with van der Waals surface area (Å²) in [5.74, 6) is -1.42. The smallest absolute Gasteiger partial charge is 0.326 e. The monoisotopic (exact) mass is 366 g/mol. The molecule has 2 aliphatic heterocycles. The maximum absolute atomic E-state index is 12.6. The Morgan fingerprint density at radius 1 is 1.00 bits per heavy atom. The van der Waals surface area contributed by atoms with Crippen LogP contribution in [0.5, 0.6) is 0 Å². The van der Waals surface area contributed by atoms with Crippen LogP contribution in [0.3, 0.4) is 0 Å². The van der Waals surface area contributed by atoms with Crippen molar-refractivity contribution >= 4 is 21.9 Å². The predicted molar refractivity (Wildman–Crippen MR) is 90.3 cm³/mol. The fraction of sp³-hybridized carbons (Fsp3) is 0.529. The second-order valence-corrected chi connectivity index (χ2v) is 8.46. The molecule has 2 aliphatic rings. The van der Waals surface area contributed by atoms with Gasteiger partial charge in [-0.1, -0.05) is 18.2 Å². The number of carbonyl (C=O) groups excluding carboxylic acids is 1. The van der Waals surface area contributed by atoms with Gasteiger partial charge in [-0.2, -0.15) is 4.31 Å². The minimum Gasteiger partial charge on any atom is -0.480 e. The summed E-state index contributed by atoms with van der Waals surface area (Å²) in [6.07, 6.45) is 2.04. The number of sulfonamides is 1. The van der Waals surface area contributed by atoms with Gasteiger partial charge in [-0.3, -0.25) is 4.79 Å². The number of carboxylic acids is 1. The van der Waals surface area contributed by atoms with E-state index in [-0.39, 0.29) is 29.8 Å². The van der Waals surface area contributed by atoms with Crippen LogP contribution in [0, 0.1) is 5.92 Å². The lowest BCUT2D eigenvalue weighted by Crippen LogP contribution is -2.47. The Labute approximate surface area is 147 Å². The maximum Gasteiger partial charge on any atom is 0.326 e. The Balaban J connectivity index is 1.64. The Kier molecular flexibility index (Phi) is 5.10. The topological polar surface area (TPSA) is 95.0 Å². The molecule has 136 valence electrons. The van der Waals surface area contributed by atoms with Crippen LogP contribution in [0.4, 0.5) is 0 Å². The molecule has 0 radical (unpaired) electrons. The first kappa shape index (κ1) is 17.9. The number of rotatable bonds is 4. The molecule has 2 saturated heterocycles. The third-order valence-corrected chi connectivity index (χ3v) is 6.92. The molecule has 2 heterocycles. The van der Waals surface area contributed by atoms with Crippen LogP contribution in [0.1, 0.15) is 25.7 Å². The molecule has 1 atom stereocenters. The Hall–Kier alpha value is -1.93. The van der Waals surface area contributed by atoms with Crippen LogP contribution in [-0.2, 0) is 19.6 Å². The highest BCUT2D eigenvalue weighted by molar-refractivity contribution is 7.89. The molecule has 3 rings (SSSR count). The quantitative estimate of drug-likeness (QED) is 0.863. The van der Waals surface area contributed by atoms with Crippen LogP contribution >= 0.6 is 0 Å². The summed E-state index contributed by atoms with van der Waals surface area (Å²) in [6, 6.07) is 7.52. The fourth-order valence-electron chi connectivity index (χ4n) is 3.61. The number of hydrogen-bond acceptors (Lipinski definition) is 4. The molecule has 7 nitrogen and oxygen atoms in total. The minimum absolute atomic E-state index is 0.151. The van der Waals surface area contributed by atoms with Crippen LogP contribution in [0.2, 0.25) is 0 Å². The fourth-order valence-corrected chi connectivity index (χ4v) is 5.10. The van der Waals surface area contributed by atoms with E-state index in [0.717, 1.165) is 0 Å². The van der Waals surface area contributed by atoms with Crippen LogP contribution in [0.15, 0.2) is 35.2 Å². The van der Waals surface area contributed by atoms with Gasteiger partial charge in [0.05, 0.1) is 4.90 Å². The Morgan fingerprint density at radius 3 is 2.24 bits per heavy atom. The van der Waals surface area contributed by atoms with Gasteiger partial charge in [-0.05, 0) is 37.8 Å². The number of carbonyl (C=O) groups is 2. The molecule has 1 unspecified atom stereocenters. The summed E-state index contributed by atoms with van der Waals surface area (Å²) in [4.78, 5) is 25.6. The highest BCUT2D eigenvalue weighted by atomic mass is 32.2. The van der Waals surface area contributed by atoms with E-state index in [0.29, 0.717) is 32.2 Å². The molecule has 8 heteroatoms. The summed E-state index contributed by atoms with van der Waals surface area (Å²) in [5.41, 5.74) is 0. The maximum atomic E-state index is 12.6. The lowest BCUT2D eigenvalue weighted by atomic mass is 9.96. The van der Waals surface area contributed by atoms with Crippen molar-refractivity contribution in [3.05, 3.63) is 30.3 Å². The molecule has 1 aromatic rings. The van der Waals surface area contributed by atoms with Crippen molar-refractivity contribution in [1.29, 1.82) is 0 Å². The van der Waals surface area contributed by atoms with E-state index in [2.05, 4.69) is 0 Å². The molecule has 1 amide bonds. The van der Waals surface area contributed by atoms with Crippen LogP contribution in [-0.4, -0.2) is 60.3 Å². The number of likely N-dealkylation sites (tertiary alicyclic amines) is 1. The lowest BCUT2D eigenvalue weighted by Gasteiger charge is -2.33. The van der Waals surface area contributed by atoms with Gasteiger partial charge in [-0.25, -0.2) is 13.2 Å². The molecule has 1 aromatic carbocycles. The number of piperidine rings is 1. The highest BCUT2D eigenvalue weighted by Gasteiger charge is 2.39. The second-order valence-electron chi connectivity index (χ2n) is 6.52. The van der Waals surface area contributed by atoms with Crippen LogP contribution < -0.4 is 0 Å². The first-order valence-corrected chi connectivity index (χ1v) is 9.94. The molecule has 1 N–H and O–H groups in total. The number of hydrogen-bond donors (Lipinski definition) is 1. The first-order chi connectivity index (χ1) is 11.9. The van der Waals surface area contributed by atoms with E-state index in [9.17, 15) is 23.1 Å². The average Bonchev–Trinajstić information content (AvgIpc) is 3.12. The highest BCUT2D eigenvalue weighted by Crippen LogP contribution is 2.28. The van der Waals surface area contributed by atoms with Gasteiger partial charge in [0.15, 0.2) is 0 Å². The van der Waals surface area contributed by atoms with Gasteiger partial charge >= 0.3 is 5.97 Å². The average molecular weight is 366 g/mol.